The third kappa shape index (κ3) is 7.85. The molecule has 1 aromatic carbocycles. The molecule has 0 spiro atoms. The highest BCUT2D eigenvalue weighted by Crippen LogP contribution is 2.14. The number of alkyl carbamates (subject to hydrolysis) is 1. The summed E-state index contributed by atoms with van der Waals surface area (Å²) < 4.78 is 10.7. The molecule has 1 atom stereocenters. The van der Waals surface area contributed by atoms with Gasteiger partial charge in [-0.05, 0) is 44.9 Å². The molecule has 0 aliphatic rings. The van der Waals surface area contributed by atoms with Crippen LogP contribution in [0.15, 0.2) is 24.3 Å². The normalized spacial score (nSPS) is 12.3. The molecule has 1 unspecified atom stereocenters. The molecular weight excluding hydrogens is 308 g/mol. The molecule has 0 heterocycles. The summed E-state index contributed by atoms with van der Waals surface area (Å²) in [6, 6.07) is 6.57. The Morgan fingerprint density at radius 2 is 1.83 bits per heavy atom. The van der Waals surface area contributed by atoms with Crippen molar-refractivity contribution in [2.75, 3.05) is 6.61 Å². The van der Waals surface area contributed by atoms with E-state index in [4.69, 9.17) is 15.2 Å². The minimum absolute atomic E-state index is 0.295. The lowest BCUT2D eigenvalue weighted by Gasteiger charge is -2.22. The number of unbranched alkanes of at least 4 members (excludes halogenated alkanes) is 1. The Labute approximate surface area is 143 Å². The van der Waals surface area contributed by atoms with Crippen LogP contribution in [0.4, 0.5) is 4.79 Å². The molecule has 0 bridgehead atoms. The molecule has 0 fully saturated rings. The number of carbonyl (C=O) groups excluding carboxylic acids is 2. The lowest BCUT2D eigenvalue weighted by atomic mass is 10.1. The number of nitrogens with two attached hydrogens (primary N) is 1. The van der Waals surface area contributed by atoms with Crippen LogP contribution in [0.25, 0.3) is 0 Å². The second-order valence-electron chi connectivity index (χ2n) is 6.65. The van der Waals surface area contributed by atoms with E-state index in [1.165, 1.54) is 0 Å². The van der Waals surface area contributed by atoms with Gasteiger partial charge in [0.05, 0.1) is 6.61 Å². The molecule has 0 aliphatic carbocycles. The van der Waals surface area contributed by atoms with Gasteiger partial charge in [-0.2, -0.15) is 0 Å². The van der Waals surface area contributed by atoms with Gasteiger partial charge in [-0.1, -0.05) is 25.5 Å². The van der Waals surface area contributed by atoms with Crippen LogP contribution in [-0.2, 0) is 16.0 Å². The maximum atomic E-state index is 11.8. The van der Waals surface area contributed by atoms with Gasteiger partial charge in [0.15, 0.2) is 0 Å². The Morgan fingerprint density at radius 1 is 1.21 bits per heavy atom. The fourth-order valence-corrected chi connectivity index (χ4v) is 1.96. The van der Waals surface area contributed by atoms with Crippen LogP contribution in [0.5, 0.6) is 5.75 Å². The number of primary amides is 1. The molecule has 0 radical (unpaired) electrons. The Bertz CT molecular complexity index is 535. The van der Waals surface area contributed by atoms with E-state index in [0.717, 1.165) is 24.2 Å². The van der Waals surface area contributed by atoms with Crippen LogP contribution in [0.1, 0.15) is 46.1 Å². The van der Waals surface area contributed by atoms with Gasteiger partial charge in [-0.3, -0.25) is 4.79 Å². The average Bonchev–Trinajstić information content (AvgIpc) is 2.46. The second kappa shape index (κ2) is 9.15. The molecule has 6 nitrogen and oxygen atoms in total. The zero-order valence-corrected chi connectivity index (χ0v) is 14.9. The first-order chi connectivity index (χ1) is 11.2. The summed E-state index contributed by atoms with van der Waals surface area (Å²) in [6.45, 7) is 8.05. The fourth-order valence-electron chi connectivity index (χ4n) is 1.96. The molecule has 24 heavy (non-hydrogen) atoms. The number of rotatable bonds is 8. The molecule has 0 aliphatic heterocycles. The molecule has 1 rings (SSSR count). The third-order valence-electron chi connectivity index (χ3n) is 3.16. The third-order valence-corrected chi connectivity index (χ3v) is 3.16. The van der Waals surface area contributed by atoms with E-state index in [0.29, 0.717) is 13.0 Å². The number of hydrogen-bond donors (Lipinski definition) is 2. The lowest BCUT2D eigenvalue weighted by molar-refractivity contribution is -0.120. The highest BCUT2D eigenvalue weighted by atomic mass is 16.6. The first-order valence-electron chi connectivity index (χ1n) is 8.22. The molecule has 6 heteroatoms. The van der Waals surface area contributed by atoms with E-state index in [9.17, 15) is 9.59 Å². The van der Waals surface area contributed by atoms with Crippen molar-refractivity contribution in [2.45, 2.75) is 58.6 Å². The molecule has 0 aromatic heterocycles. The summed E-state index contributed by atoms with van der Waals surface area (Å²) in [4.78, 5) is 23.4. The van der Waals surface area contributed by atoms with Gasteiger partial charge in [0.1, 0.15) is 17.4 Å². The molecule has 2 amide bonds. The van der Waals surface area contributed by atoms with Crippen molar-refractivity contribution in [3.8, 4) is 5.75 Å². The maximum Gasteiger partial charge on any atom is 0.408 e. The number of amides is 2. The van der Waals surface area contributed by atoms with Crippen LogP contribution < -0.4 is 15.8 Å². The summed E-state index contributed by atoms with van der Waals surface area (Å²) in [5.74, 6) is 0.173. The molecule has 0 saturated heterocycles. The number of ether oxygens (including phenoxy) is 2. The summed E-state index contributed by atoms with van der Waals surface area (Å²) in [5, 5.41) is 2.51. The quantitative estimate of drug-likeness (QED) is 0.714. The average molecular weight is 336 g/mol. The minimum atomic E-state index is -0.827. The van der Waals surface area contributed by atoms with Crippen LogP contribution >= 0.6 is 0 Å². The predicted octanol–water partition coefficient (Wildman–Crippen LogP) is 2.79. The maximum absolute atomic E-state index is 11.8. The van der Waals surface area contributed by atoms with Crippen molar-refractivity contribution in [1.29, 1.82) is 0 Å². The summed E-state index contributed by atoms with van der Waals surface area (Å²) >= 11 is 0. The van der Waals surface area contributed by atoms with Gasteiger partial charge >= 0.3 is 6.09 Å². The van der Waals surface area contributed by atoms with Gasteiger partial charge in [0.2, 0.25) is 5.91 Å². The van der Waals surface area contributed by atoms with Crippen molar-refractivity contribution in [3.05, 3.63) is 29.8 Å². The standard InChI is InChI=1S/C18H28N2O4/c1-5-6-11-23-14-9-7-13(8-10-14)12-15(16(19)21)20-17(22)24-18(2,3)4/h7-10,15H,5-6,11-12H2,1-4H3,(H2,19,21)(H,20,22). The number of hydrogen-bond acceptors (Lipinski definition) is 4. The number of benzene rings is 1. The Hall–Kier alpha value is -2.24. The minimum Gasteiger partial charge on any atom is -0.494 e. The van der Waals surface area contributed by atoms with E-state index in [1.807, 2.05) is 24.3 Å². The van der Waals surface area contributed by atoms with Crippen LogP contribution in [-0.4, -0.2) is 30.3 Å². The van der Waals surface area contributed by atoms with E-state index in [1.54, 1.807) is 20.8 Å². The SMILES string of the molecule is CCCCOc1ccc(CC(NC(=O)OC(C)(C)C)C(N)=O)cc1. The van der Waals surface area contributed by atoms with Gasteiger partial charge < -0.3 is 20.5 Å². The second-order valence-corrected chi connectivity index (χ2v) is 6.65. The van der Waals surface area contributed by atoms with Crippen molar-refractivity contribution in [3.63, 3.8) is 0 Å². The molecule has 0 saturated carbocycles. The summed E-state index contributed by atoms with van der Waals surface area (Å²) in [5.41, 5.74) is 5.61. The summed E-state index contributed by atoms with van der Waals surface area (Å²) in [7, 11) is 0. The van der Waals surface area contributed by atoms with Crippen molar-refractivity contribution < 1.29 is 19.1 Å². The highest BCUT2D eigenvalue weighted by molar-refractivity contribution is 5.84. The van der Waals surface area contributed by atoms with Gasteiger partial charge in [-0.15, -0.1) is 0 Å². The van der Waals surface area contributed by atoms with Crippen LogP contribution in [0.2, 0.25) is 0 Å². The van der Waals surface area contributed by atoms with E-state index < -0.39 is 23.6 Å². The van der Waals surface area contributed by atoms with Gasteiger partial charge in [0.25, 0.3) is 0 Å². The van der Waals surface area contributed by atoms with Crippen molar-refractivity contribution >= 4 is 12.0 Å². The zero-order chi connectivity index (χ0) is 18.2. The number of nitrogens with one attached hydrogen (secondary N) is 1. The smallest absolute Gasteiger partial charge is 0.408 e. The van der Waals surface area contributed by atoms with E-state index >= 15 is 0 Å². The molecule has 1 aromatic rings. The van der Waals surface area contributed by atoms with E-state index in [2.05, 4.69) is 12.2 Å². The summed E-state index contributed by atoms with van der Waals surface area (Å²) in [6.07, 6.45) is 1.72. The Balaban J connectivity index is 2.62. The Kier molecular flexibility index (Phi) is 7.55. The van der Waals surface area contributed by atoms with Gasteiger partial charge in [-0.25, -0.2) is 4.79 Å². The largest absolute Gasteiger partial charge is 0.494 e. The molecular formula is C18H28N2O4. The van der Waals surface area contributed by atoms with Crippen molar-refractivity contribution in [1.82, 2.24) is 5.32 Å². The first-order valence-corrected chi connectivity index (χ1v) is 8.22. The topological polar surface area (TPSA) is 90.7 Å². The molecule has 3 N–H and O–H groups in total. The Morgan fingerprint density at radius 3 is 2.33 bits per heavy atom. The monoisotopic (exact) mass is 336 g/mol. The highest BCUT2D eigenvalue weighted by Gasteiger charge is 2.22. The van der Waals surface area contributed by atoms with E-state index in [-0.39, 0.29) is 0 Å². The van der Waals surface area contributed by atoms with Crippen LogP contribution in [0, 0.1) is 0 Å². The molecule has 134 valence electrons. The number of carbonyl (C=O) groups is 2. The predicted molar refractivity (Wildman–Crippen MR) is 92.9 cm³/mol. The zero-order valence-electron chi connectivity index (χ0n) is 14.9. The van der Waals surface area contributed by atoms with Gasteiger partial charge in [0, 0.05) is 6.42 Å². The fraction of sp³-hybridized carbons (Fsp3) is 0.556. The lowest BCUT2D eigenvalue weighted by Crippen LogP contribution is -2.47. The van der Waals surface area contributed by atoms with Crippen LogP contribution in [0.3, 0.4) is 0 Å². The first kappa shape index (κ1) is 19.8. The van der Waals surface area contributed by atoms with Crippen molar-refractivity contribution in [2.24, 2.45) is 5.73 Å².